The fourth-order valence-electron chi connectivity index (χ4n) is 2.38. The Balaban J connectivity index is 1.62. The van der Waals surface area contributed by atoms with Gasteiger partial charge in [0.15, 0.2) is 0 Å². The summed E-state index contributed by atoms with van der Waals surface area (Å²) < 4.78 is 5.97. The predicted octanol–water partition coefficient (Wildman–Crippen LogP) is 5.85. The number of benzene rings is 3. The third kappa shape index (κ3) is 4.70. The fourth-order valence-corrected chi connectivity index (χ4v) is 2.38. The summed E-state index contributed by atoms with van der Waals surface area (Å²) in [6.07, 6.45) is 1.79. The largest absolute Gasteiger partial charge is 0.457 e. The summed E-state index contributed by atoms with van der Waals surface area (Å²) in [6, 6.07) is 22.2. The molecule has 0 unspecified atom stereocenters. The lowest BCUT2D eigenvalue weighted by atomic mass is 10.1. The molecule has 0 bridgehead atoms. The molecule has 3 aromatic rings. The number of nitrogens with one attached hydrogen (secondary N) is 1. The molecule has 0 heterocycles. The van der Waals surface area contributed by atoms with Crippen molar-refractivity contribution in [3.05, 3.63) is 89.0 Å². The first-order chi connectivity index (χ1) is 12.1. The Morgan fingerprint density at radius 3 is 2.20 bits per heavy atom. The van der Waals surface area contributed by atoms with Crippen molar-refractivity contribution in [3.8, 4) is 11.5 Å². The van der Waals surface area contributed by atoms with Crippen LogP contribution in [-0.4, -0.2) is 6.21 Å². The fraction of sp³-hybridized carbons (Fsp3) is 0.136. The smallest absolute Gasteiger partial charge is 0.130 e. The van der Waals surface area contributed by atoms with Gasteiger partial charge in [-0.2, -0.15) is 5.10 Å². The second kappa shape index (κ2) is 7.67. The van der Waals surface area contributed by atoms with Crippen molar-refractivity contribution in [2.75, 3.05) is 5.43 Å². The minimum atomic E-state index is 0.817. The van der Waals surface area contributed by atoms with E-state index in [-0.39, 0.29) is 0 Å². The van der Waals surface area contributed by atoms with Crippen molar-refractivity contribution in [2.24, 2.45) is 5.10 Å². The molecule has 0 aliphatic heterocycles. The molecule has 126 valence electrons. The van der Waals surface area contributed by atoms with E-state index in [1.165, 1.54) is 11.1 Å². The Labute approximate surface area is 149 Å². The van der Waals surface area contributed by atoms with Crippen LogP contribution in [0.15, 0.2) is 71.8 Å². The molecule has 0 fully saturated rings. The lowest BCUT2D eigenvalue weighted by Crippen LogP contribution is -1.91. The number of rotatable bonds is 5. The van der Waals surface area contributed by atoms with Gasteiger partial charge in [-0.25, -0.2) is 0 Å². The van der Waals surface area contributed by atoms with Crippen LogP contribution in [0.25, 0.3) is 0 Å². The quantitative estimate of drug-likeness (QED) is 0.470. The first kappa shape index (κ1) is 16.8. The second-order valence-corrected chi connectivity index (χ2v) is 6.18. The van der Waals surface area contributed by atoms with Crippen LogP contribution in [0.3, 0.4) is 0 Å². The molecular weight excluding hydrogens is 308 g/mol. The molecule has 3 heteroatoms. The molecule has 0 atom stereocenters. The van der Waals surface area contributed by atoms with Crippen molar-refractivity contribution in [1.82, 2.24) is 0 Å². The van der Waals surface area contributed by atoms with Gasteiger partial charge in [-0.15, -0.1) is 0 Å². The highest BCUT2D eigenvalue weighted by atomic mass is 16.5. The third-order valence-electron chi connectivity index (χ3n) is 3.91. The zero-order chi connectivity index (χ0) is 17.6. The van der Waals surface area contributed by atoms with Crippen LogP contribution in [0.5, 0.6) is 11.5 Å². The Morgan fingerprint density at radius 2 is 1.48 bits per heavy atom. The van der Waals surface area contributed by atoms with Gasteiger partial charge in [0.2, 0.25) is 0 Å². The zero-order valence-corrected chi connectivity index (χ0v) is 14.8. The van der Waals surface area contributed by atoms with Gasteiger partial charge in [0, 0.05) is 0 Å². The molecule has 0 amide bonds. The van der Waals surface area contributed by atoms with Crippen LogP contribution in [0.1, 0.15) is 22.3 Å². The summed E-state index contributed by atoms with van der Waals surface area (Å²) in [5, 5.41) is 4.27. The van der Waals surface area contributed by atoms with Gasteiger partial charge >= 0.3 is 0 Å². The average molecular weight is 330 g/mol. The first-order valence-electron chi connectivity index (χ1n) is 8.31. The van der Waals surface area contributed by atoms with Crippen molar-refractivity contribution < 1.29 is 4.74 Å². The molecule has 0 saturated carbocycles. The van der Waals surface area contributed by atoms with Crippen molar-refractivity contribution in [1.29, 1.82) is 0 Å². The maximum atomic E-state index is 5.97. The van der Waals surface area contributed by atoms with Gasteiger partial charge in [0.25, 0.3) is 0 Å². The molecule has 3 rings (SSSR count). The van der Waals surface area contributed by atoms with Gasteiger partial charge in [0.05, 0.1) is 11.9 Å². The van der Waals surface area contributed by atoms with E-state index in [4.69, 9.17) is 4.74 Å². The Bertz CT molecular complexity index is 866. The van der Waals surface area contributed by atoms with E-state index in [9.17, 15) is 0 Å². The summed E-state index contributed by atoms with van der Waals surface area (Å²) in [5.41, 5.74) is 8.54. The maximum Gasteiger partial charge on any atom is 0.130 e. The second-order valence-electron chi connectivity index (χ2n) is 6.18. The molecule has 0 aromatic heterocycles. The highest BCUT2D eigenvalue weighted by Gasteiger charge is 2.02. The van der Waals surface area contributed by atoms with Crippen LogP contribution < -0.4 is 10.2 Å². The van der Waals surface area contributed by atoms with Gasteiger partial charge in [-0.05, 0) is 79.9 Å². The number of ether oxygens (including phenoxy) is 1. The van der Waals surface area contributed by atoms with Crippen LogP contribution in [0.2, 0.25) is 0 Å². The molecule has 25 heavy (non-hydrogen) atoms. The maximum absolute atomic E-state index is 5.97. The summed E-state index contributed by atoms with van der Waals surface area (Å²) >= 11 is 0. The van der Waals surface area contributed by atoms with Crippen molar-refractivity contribution in [3.63, 3.8) is 0 Å². The topological polar surface area (TPSA) is 33.6 Å². The van der Waals surface area contributed by atoms with E-state index in [2.05, 4.69) is 54.7 Å². The minimum Gasteiger partial charge on any atom is -0.457 e. The van der Waals surface area contributed by atoms with E-state index in [0.29, 0.717) is 0 Å². The number of hydrogen-bond acceptors (Lipinski definition) is 3. The average Bonchev–Trinajstić information content (AvgIpc) is 2.61. The first-order valence-corrected chi connectivity index (χ1v) is 8.31. The van der Waals surface area contributed by atoms with E-state index in [1.807, 2.05) is 43.3 Å². The lowest BCUT2D eigenvalue weighted by molar-refractivity contribution is 0.478. The zero-order valence-electron chi connectivity index (χ0n) is 14.8. The highest BCUT2D eigenvalue weighted by molar-refractivity contribution is 5.80. The minimum absolute atomic E-state index is 0.817. The van der Waals surface area contributed by atoms with Crippen LogP contribution in [0.4, 0.5) is 5.69 Å². The Kier molecular flexibility index (Phi) is 5.14. The standard InChI is InChI=1S/C22H22N2O/c1-16-5-10-20(11-6-16)24-23-15-19-8-12-21(13-9-19)25-22-14-17(2)4-7-18(22)3/h4-15,24H,1-3H3. The predicted molar refractivity (Wildman–Crippen MR) is 105 cm³/mol. The number of aryl methyl sites for hydroxylation is 3. The third-order valence-corrected chi connectivity index (χ3v) is 3.91. The van der Waals surface area contributed by atoms with E-state index in [0.717, 1.165) is 28.3 Å². The van der Waals surface area contributed by atoms with Crippen molar-refractivity contribution in [2.45, 2.75) is 20.8 Å². The molecule has 0 aliphatic rings. The molecule has 3 aromatic carbocycles. The van der Waals surface area contributed by atoms with Crippen LogP contribution in [-0.2, 0) is 0 Å². The summed E-state index contributed by atoms with van der Waals surface area (Å²) in [5.74, 6) is 1.71. The van der Waals surface area contributed by atoms with Gasteiger partial charge in [-0.1, -0.05) is 29.8 Å². The highest BCUT2D eigenvalue weighted by Crippen LogP contribution is 2.26. The van der Waals surface area contributed by atoms with Crippen molar-refractivity contribution >= 4 is 11.9 Å². The van der Waals surface area contributed by atoms with Gasteiger partial charge < -0.3 is 4.74 Å². The molecule has 3 nitrogen and oxygen atoms in total. The normalized spacial score (nSPS) is 10.8. The van der Waals surface area contributed by atoms with E-state index >= 15 is 0 Å². The van der Waals surface area contributed by atoms with E-state index in [1.54, 1.807) is 6.21 Å². The summed E-state index contributed by atoms with van der Waals surface area (Å²) in [6.45, 7) is 6.17. The molecule has 0 spiro atoms. The lowest BCUT2D eigenvalue weighted by Gasteiger charge is -2.09. The van der Waals surface area contributed by atoms with Gasteiger partial charge in [-0.3, -0.25) is 5.43 Å². The number of nitrogens with zero attached hydrogens (tertiary/aromatic N) is 1. The SMILES string of the molecule is Cc1ccc(NN=Cc2ccc(Oc3cc(C)ccc3C)cc2)cc1. The molecule has 1 N–H and O–H groups in total. The van der Waals surface area contributed by atoms with Crippen LogP contribution in [0, 0.1) is 20.8 Å². The molecular formula is C22H22N2O. The summed E-state index contributed by atoms with van der Waals surface area (Å²) in [4.78, 5) is 0. The molecule has 0 saturated heterocycles. The number of hydrogen-bond donors (Lipinski definition) is 1. The Morgan fingerprint density at radius 1 is 0.800 bits per heavy atom. The monoisotopic (exact) mass is 330 g/mol. The Hall–Kier alpha value is -3.07. The molecule has 0 radical (unpaired) electrons. The van der Waals surface area contributed by atoms with E-state index < -0.39 is 0 Å². The molecule has 0 aliphatic carbocycles. The number of hydrazone groups is 1. The summed E-state index contributed by atoms with van der Waals surface area (Å²) in [7, 11) is 0. The van der Waals surface area contributed by atoms with Crippen LogP contribution >= 0.6 is 0 Å². The number of anilines is 1. The van der Waals surface area contributed by atoms with Gasteiger partial charge in [0.1, 0.15) is 11.5 Å².